The van der Waals surface area contributed by atoms with Gasteiger partial charge in [-0.15, -0.1) is 0 Å². The van der Waals surface area contributed by atoms with Gasteiger partial charge in [-0.1, -0.05) is 12.1 Å². The quantitative estimate of drug-likeness (QED) is 0.601. The smallest absolute Gasteiger partial charge is 0.267 e. The summed E-state index contributed by atoms with van der Waals surface area (Å²) in [6.45, 7) is 1.54. The van der Waals surface area contributed by atoms with Crippen molar-refractivity contribution < 1.29 is 22.7 Å². The van der Waals surface area contributed by atoms with Gasteiger partial charge in [0, 0.05) is 17.4 Å². The molecule has 3 N–H and O–H groups in total. The Hall–Kier alpha value is -2.71. The minimum Gasteiger partial charge on any atom is -0.395 e. The Kier molecular flexibility index (Phi) is 5.29. The van der Waals surface area contributed by atoms with Crippen LogP contribution in [0.2, 0.25) is 0 Å². The van der Waals surface area contributed by atoms with E-state index in [0.717, 1.165) is 16.5 Å². The molecule has 142 valence electrons. The summed E-state index contributed by atoms with van der Waals surface area (Å²) in [5.41, 5.74) is 2.33. The Labute approximate surface area is 156 Å². The highest BCUT2D eigenvalue weighted by Crippen LogP contribution is 2.21. The highest BCUT2D eigenvalue weighted by molar-refractivity contribution is 7.91. The van der Waals surface area contributed by atoms with Crippen LogP contribution in [0.15, 0.2) is 47.4 Å². The third kappa shape index (κ3) is 4.17. The van der Waals surface area contributed by atoms with E-state index >= 15 is 0 Å². The van der Waals surface area contributed by atoms with Crippen LogP contribution >= 0.6 is 0 Å². The summed E-state index contributed by atoms with van der Waals surface area (Å²) in [6.07, 6.45) is 0. The van der Waals surface area contributed by atoms with Gasteiger partial charge in [0.05, 0.1) is 17.3 Å². The lowest BCUT2D eigenvalue weighted by Crippen LogP contribution is -2.23. The lowest BCUT2D eigenvalue weighted by atomic mass is 10.1. The number of nitrogens with one attached hydrogen (secondary N) is 2. The molecule has 1 aromatic heterocycles. The number of rotatable bonds is 6. The van der Waals surface area contributed by atoms with Gasteiger partial charge in [0.1, 0.15) is 11.5 Å². The molecule has 0 unspecified atom stereocenters. The third-order valence-corrected chi connectivity index (χ3v) is 5.96. The maximum Gasteiger partial charge on any atom is 0.267 e. The predicted molar refractivity (Wildman–Crippen MR) is 99.7 cm³/mol. The number of amides is 1. The van der Waals surface area contributed by atoms with Crippen LogP contribution in [-0.4, -0.2) is 36.8 Å². The molecule has 0 saturated heterocycles. The number of carbonyl (C=O) groups is 1. The largest absolute Gasteiger partial charge is 0.395 e. The van der Waals surface area contributed by atoms with Crippen molar-refractivity contribution in [3.05, 3.63) is 65.1 Å². The normalized spacial score (nSPS) is 11.7. The molecule has 0 aliphatic carbocycles. The number of hydrogen-bond acceptors (Lipinski definition) is 4. The summed E-state index contributed by atoms with van der Waals surface area (Å²) in [4.78, 5) is 15.4. The van der Waals surface area contributed by atoms with Gasteiger partial charge >= 0.3 is 0 Å². The molecule has 8 heteroatoms. The van der Waals surface area contributed by atoms with E-state index in [1.807, 2.05) is 0 Å². The topological polar surface area (TPSA) is 99.3 Å². The zero-order valence-corrected chi connectivity index (χ0v) is 15.4. The van der Waals surface area contributed by atoms with Gasteiger partial charge in [-0.2, -0.15) is 0 Å². The Bertz CT molecular complexity index is 1090. The van der Waals surface area contributed by atoms with Crippen LogP contribution in [0.4, 0.5) is 4.39 Å². The van der Waals surface area contributed by atoms with E-state index in [9.17, 15) is 17.6 Å². The Morgan fingerprint density at radius 1 is 1.19 bits per heavy atom. The predicted octanol–water partition coefficient (Wildman–Crippen LogP) is 2.31. The summed E-state index contributed by atoms with van der Waals surface area (Å²) >= 11 is 0. The van der Waals surface area contributed by atoms with Crippen molar-refractivity contribution in [2.75, 3.05) is 12.4 Å². The van der Waals surface area contributed by atoms with Crippen LogP contribution < -0.4 is 5.32 Å². The average Bonchev–Trinajstić information content (AvgIpc) is 3.04. The molecular formula is C19H19FN2O4S. The molecule has 27 heavy (non-hydrogen) atoms. The molecule has 3 rings (SSSR count). The fraction of sp³-hybridized carbons (Fsp3) is 0.211. The number of aromatic nitrogens is 1. The molecule has 0 aliphatic rings. The van der Waals surface area contributed by atoms with Gasteiger partial charge in [-0.3, -0.25) is 4.79 Å². The van der Waals surface area contributed by atoms with E-state index in [1.54, 1.807) is 25.1 Å². The first-order chi connectivity index (χ1) is 12.8. The Balaban J connectivity index is 1.70. The minimum absolute atomic E-state index is 0.125. The first-order valence-corrected chi connectivity index (χ1v) is 9.95. The van der Waals surface area contributed by atoms with Gasteiger partial charge in [0.15, 0.2) is 9.84 Å². The van der Waals surface area contributed by atoms with Crippen molar-refractivity contribution in [2.24, 2.45) is 0 Å². The van der Waals surface area contributed by atoms with Crippen LogP contribution in [0, 0.1) is 12.7 Å². The summed E-state index contributed by atoms with van der Waals surface area (Å²) in [7, 11) is -3.50. The second-order valence-corrected chi connectivity index (χ2v) is 8.35. The van der Waals surface area contributed by atoms with E-state index in [4.69, 9.17) is 5.11 Å². The van der Waals surface area contributed by atoms with E-state index < -0.39 is 16.4 Å². The molecule has 2 aromatic carbocycles. The highest BCUT2D eigenvalue weighted by Gasteiger charge is 2.14. The Morgan fingerprint density at radius 2 is 1.89 bits per heavy atom. The molecule has 0 atom stereocenters. The number of halogens is 1. The lowest BCUT2D eigenvalue weighted by molar-refractivity contribution is 0.0946. The zero-order valence-electron chi connectivity index (χ0n) is 14.6. The van der Waals surface area contributed by atoms with Gasteiger partial charge < -0.3 is 15.4 Å². The van der Waals surface area contributed by atoms with Crippen molar-refractivity contribution in [1.82, 2.24) is 10.3 Å². The number of hydrogen-bond donors (Lipinski definition) is 3. The number of aliphatic hydroxyl groups is 1. The minimum atomic E-state index is -3.50. The second kappa shape index (κ2) is 7.50. The molecule has 3 aromatic rings. The van der Waals surface area contributed by atoms with Gasteiger partial charge in [0.25, 0.3) is 5.91 Å². The maximum atomic E-state index is 13.5. The number of aliphatic hydroxyl groups excluding tert-OH is 1. The van der Waals surface area contributed by atoms with Crippen molar-refractivity contribution >= 4 is 26.6 Å². The van der Waals surface area contributed by atoms with E-state index in [1.165, 1.54) is 24.3 Å². The highest BCUT2D eigenvalue weighted by atomic mass is 32.2. The van der Waals surface area contributed by atoms with Crippen LogP contribution in [0.25, 0.3) is 10.9 Å². The molecule has 1 amide bonds. The standard InChI is InChI=1S/C19H19FN2O4S/c1-12-8-14(20)9-17-16(12)10-18(22-17)19(24)21-11-13-2-4-15(5-3-13)27(25,26)7-6-23/h2-5,8-10,22-23H,6-7,11H2,1H3,(H,21,24). The molecule has 0 fully saturated rings. The van der Waals surface area contributed by atoms with E-state index in [-0.39, 0.29) is 28.9 Å². The van der Waals surface area contributed by atoms with Crippen LogP contribution in [-0.2, 0) is 16.4 Å². The molecule has 0 bridgehead atoms. The number of aromatic amines is 1. The average molecular weight is 390 g/mol. The number of H-pyrrole nitrogens is 1. The second-order valence-electron chi connectivity index (χ2n) is 6.24. The summed E-state index contributed by atoms with van der Waals surface area (Å²) in [5.74, 6) is -1.04. The third-order valence-electron chi connectivity index (χ3n) is 4.25. The number of benzene rings is 2. The van der Waals surface area contributed by atoms with Crippen molar-refractivity contribution in [2.45, 2.75) is 18.4 Å². The molecule has 0 radical (unpaired) electrons. The Morgan fingerprint density at radius 3 is 2.56 bits per heavy atom. The maximum absolute atomic E-state index is 13.5. The SMILES string of the molecule is Cc1cc(F)cc2[nH]c(C(=O)NCc3ccc(S(=O)(=O)CCO)cc3)cc12. The van der Waals surface area contributed by atoms with Crippen molar-refractivity contribution in [3.8, 4) is 0 Å². The summed E-state index contributed by atoms with van der Waals surface area (Å²) in [6, 6.07) is 10.5. The monoisotopic (exact) mass is 390 g/mol. The summed E-state index contributed by atoms with van der Waals surface area (Å²) < 4.78 is 37.2. The molecular weight excluding hydrogens is 371 g/mol. The van der Waals surface area contributed by atoms with Gasteiger partial charge in [-0.05, 0) is 48.4 Å². The van der Waals surface area contributed by atoms with Crippen molar-refractivity contribution in [3.63, 3.8) is 0 Å². The van der Waals surface area contributed by atoms with Gasteiger partial charge in [-0.25, -0.2) is 12.8 Å². The van der Waals surface area contributed by atoms with Crippen molar-refractivity contribution in [1.29, 1.82) is 0 Å². The fourth-order valence-electron chi connectivity index (χ4n) is 2.83. The molecule has 0 saturated carbocycles. The number of carbonyl (C=O) groups excluding carboxylic acids is 1. The number of sulfone groups is 1. The van der Waals surface area contributed by atoms with Crippen LogP contribution in [0.3, 0.4) is 0 Å². The fourth-order valence-corrected chi connectivity index (χ4v) is 3.85. The van der Waals surface area contributed by atoms with E-state index in [0.29, 0.717) is 11.2 Å². The van der Waals surface area contributed by atoms with Crippen LogP contribution in [0.5, 0.6) is 0 Å². The zero-order chi connectivity index (χ0) is 19.6. The van der Waals surface area contributed by atoms with E-state index in [2.05, 4.69) is 10.3 Å². The molecule has 0 spiro atoms. The van der Waals surface area contributed by atoms with Crippen LogP contribution in [0.1, 0.15) is 21.6 Å². The first kappa shape index (κ1) is 19.1. The molecule has 1 heterocycles. The molecule has 0 aliphatic heterocycles. The number of fused-ring (bicyclic) bond motifs is 1. The first-order valence-electron chi connectivity index (χ1n) is 8.30. The lowest BCUT2D eigenvalue weighted by Gasteiger charge is -2.06. The van der Waals surface area contributed by atoms with Gasteiger partial charge in [0.2, 0.25) is 0 Å². The summed E-state index contributed by atoms with van der Waals surface area (Å²) in [5, 5.41) is 12.3. The number of aryl methyl sites for hydroxylation is 1. The molecule has 6 nitrogen and oxygen atoms in total.